The Labute approximate surface area is 98.7 Å². The van der Waals surface area contributed by atoms with Crippen LogP contribution in [0.25, 0.3) is 0 Å². The fourth-order valence-electron chi connectivity index (χ4n) is 4.63. The van der Waals surface area contributed by atoms with Gasteiger partial charge < -0.3 is 9.47 Å². The van der Waals surface area contributed by atoms with Crippen molar-refractivity contribution in [2.45, 2.75) is 51.0 Å². The molecule has 16 heavy (non-hydrogen) atoms. The minimum absolute atomic E-state index is 0.256. The molecule has 0 N–H and O–H groups in total. The molecule has 91 valence electrons. The van der Waals surface area contributed by atoms with Gasteiger partial charge in [0.1, 0.15) is 0 Å². The highest BCUT2D eigenvalue weighted by Gasteiger charge is 2.51. The van der Waals surface area contributed by atoms with Crippen LogP contribution in [0.2, 0.25) is 0 Å². The van der Waals surface area contributed by atoms with Crippen molar-refractivity contribution in [2.24, 2.45) is 17.8 Å². The molecule has 0 heterocycles. The summed E-state index contributed by atoms with van der Waals surface area (Å²) in [6, 6.07) is 0. The lowest BCUT2D eigenvalue weighted by molar-refractivity contribution is -0.167. The van der Waals surface area contributed by atoms with Crippen molar-refractivity contribution in [3.63, 3.8) is 0 Å². The van der Waals surface area contributed by atoms with Crippen molar-refractivity contribution in [3.05, 3.63) is 6.61 Å². The first-order valence-electron chi connectivity index (χ1n) is 6.83. The van der Waals surface area contributed by atoms with Crippen LogP contribution in [0.3, 0.4) is 0 Å². The summed E-state index contributed by atoms with van der Waals surface area (Å²) >= 11 is 0. The van der Waals surface area contributed by atoms with Gasteiger partial charge in [0.25, 0.3) is 0 Å². The third-order valence-corrected chi connectivity index (χ3v) is 4.76. The second-order valence-corrected chi connectivity index (χ2v) is 6.06. The van der Waals surface area contributed by atoms with E-state index in [1.165, 1.54) is 38.5 Å². The second kappa shape index (κ2) is 4.30. The average molecular weight is 223 g/mol. The van der Waals surface area contributed by atoms with Crippen LogP contribution in [-0.4, -0.2) is 18.8 Å². The Balaban J connectivity index is 1.56. The molecule has 0 aromatic heterocycles. The number of hydrogen-bond donors (Lipinski definition) is 0. The van der Waals surface area contributed by atoms with Crippen molar-refractivity contribution < 1.29 is 9.47 Å². The zero-order chi connectivity index (χ0) is 11.0. The molecule has 0 atom stereocenters. The summed E-state index contributed by atoms with van der Waals surface area (Å²) < 4.78 is 11.4. The first-order valence-corrected chi connectivity index (χ1v) is 6.83. The van der Waals surface area contributed by atoms with E-state index in [1.807, 2.05) is 6.92 Å². The SMILES string of the molecule is C[CH]OCCOC12CC3CC(CC(C3)C1)C2. The largest absolute Gasteiger partial charge is 0.373 e. The maximum Gasteiger partial charge on any atom is 0.0807 e. The van der Waals surface area contributed by atoms with Crippen molar-refractivity contribution in [1.29, 1.82) is 0 Å². The molecule has 4 aliphatic carbocycles. The van der Waals surface area contributed by atoms with E-state index in [0.717, 1.165) is 31.0 Å². The van der Waals surface area contributed by atoms with Crippen molar-refractivity contribution >= 4 is 0 Å². The Bertz CT molecular complexity index is 214. The van der Waals surface area contributed by atoms with E-state index in [0.29, 0.717) is 0 Å². The fraction of sp³-hybridized carbons (Fsp3) is 0.929. The maximum absolute atomic E-state index is 6.20. The predicted molar refractivity (Wildman–Crippen MR) is 62.8 cm³/mol. The van der Waals surface area contributed by atoms with E-state index in [-0.39, 0.29) is 5.60 Å². The number of hydrogen-bond acceptors (Lipinski definition) is 2. The highest BCUT2D eigenvalue weighted by molar-refractivity contribution is 5.03. The van der Waals surface area contributed by atoms with Crippen LogP contribution in [0.1, 0.15) is 45.4 Å². The Morgan fingerprint density at radius 1 is 1.00 bits per heavy atom. The quantitative estimate of drug-likeness (QED) is 0.666. The van der Waals surface area contributed by atoms with Crippen LogP contribution in [-0.2, 0) is 9.47 Å². The van der Waals surface area contributed by atoms with Crippen LogP contribution in [0.4, 0.5) is 0 Å². The summed E-state index contributed by atoms with van der Waals surface area (Å²) in [5.41, 5.74) is 0.256. The summed E-state index contributed by atoms with van der Waals surface area (Å²) in [5, 5.41) is 0. The average Bonchev–Trinajstić information content (AvgIpc) is 2.22. The van der Waals surface area contributed by atoms with E-state index in [2.05, 4.69) is 0 Å². The highest BCUT2D eigenvalue weighted by Crippen LogP contribution is 2.56. The van der Waals surface area contributed by atoms with Gasteiger partial charge in [0, 0.05) is 0 Å². The van der Waals surface area contributed by atoms with Gasteiger partial charge in [0.2, 0.25) is 0 Å². The van der Waals surface area contributed by atoms with Crippen LogP contribution in [0, 0.1) is 24.4 Å². The lowest BCUT2D eigenvalue weighted by atomic mass is 9.54. The van der Waals surface area contributed by atoms with E-state index >= 15 is 0 Å². The molecule has 2 nitrogen and oxygen atoms in total. The van der Waals surface area contributed by atoms with Crippen LogP contribution >= 0.6 is 0 Å². The van der Waals surface area contributed by atoms with Gasteiger partial charge in [0.05, 0.1) is 25.4 Å². The molecule has 4 fully saturated rings. The maximum atomic E-state index is 6.20. The Hall–Kier alpha value is -0.0800. The topological polar surface area (TPSA) is 18.5 Å². The Kier molecular flexibility index (Phi) is 2.97. The molecule has 2 heteroatoms. The molecule has 4 saturated carbocycles. The molecule has 0 aliphatic heterocycles. The summed E-state index contributed by atoms with van der Waals surface area (Å²) in [5.74, 6) is 2.93. The lowest BCUT2D eigenvalue weighted by Crippen LogP contribution is -2.52. The van der Waals surface area contributed by atoms with Gasteiger partial charge >= 0.3 is 0 Å². The molecule has 0 amide bonds. The standard InChI is InChI=1S/C14H23O2/c1-2-15-3-4-16-14-8-11-5-12(9-14)7-13(6-11)10-14/h2,11-13H,3-10H2,1H3. The first-order chi connectivity index (χ1) is 7.80. The summed E-state index contributed by atoms with van der Waals surface area (Å²) in [7, 11) is 0. The van der Waals surface area contributed by atoms with Crippen molar-refractivity contribution in [2.75, 3.05) is 13.2 Å². The third-order valence-electron chi connectivity index (χ3n) is 4.76. The minimum Gasteiger partial charge on any atom is -0.373 e. The van der Waals surface area contributed by atoms with Gasteiger partial charge in [-0.15, -0.1) is 0 Å². The Morgan fingerprint density at radius 2 is 1.56 bits per heavy atom. The molecule has 1 radical (unpaired) electrons. The second-order valence-electron chi connectivity index (χ2n) is 6.06. The predicted octanol–water partition coefficient (Wildman–Crippen LogP) is 3.17. The molecule has 4 aliphatic rings. The minimum atomic E-state index is 0.256. The zero-order valence-electron chi connectivity index (χ0n) is 10.3. The van der Waals surface area contributed by atoms with E-state index in [1.54, 1.807) is 6.61 Å². The van der Waals surface area contributed by atoms with E-state index in [4.69, 9.17) is 9.47 Å². The van der Waals surface area contributed by atoms with E-state index < -0.39 is 0 Å². The molecule has 4 rings (SSSR count). The molecule has 0 aromatic carbocycles. The molecule has 4 bridgehead atoms. The normalized spacial score (nSPS) is 45.2. The fourth-order valence-corrected chi connectivity index (χ4v) is 4.63. The monoisotopic (exact) mass is 223 g/mol. The molecule has 0 unspecified atom stereocenters. The molecule has 0 aromatic rings. The summed E-state index contributed by atoms with van der Waals surface area (Å²) in [4.78, 5) is 0. The summed E-state index contributed by atoms with van der Waals surface area (Å²) in [6.07, 6.45) is 8.45. The number of rotatable bonds is 5. The molecule has 0 saturated heterocycles. The van der Waals surface area contributed by atoms with E-state index in [9.17, 15) is 0 Å². The van der Waals surface area contributed by atoms with Gasteiger partial charge in [-0.05, 0) is 63.2 Å². The zero-order valence-corrected chi connectivity index (χ0v) is 10.3. The highest BCUT2D eigenvalue weighted by atomic mass is 16.5. The summed E-state index contributed by atoms with van der Waals surface area (Å²) in [6.45, 7) is 5.17. The van der Waals surface area contributed by atoms with Crippen molar-refractivity contribution in [1.82, 2.24) is 0 Å². The van der Waals surface area contributed by atoms with Crippen LogP contribution < -0.4 is 0 Å². The lowest BCUT2D eigenvalue weighted by Gasteiger charge is -2.56. The number of ether oxygens (including phenoxy) is 2. The third kappa shape index (κ3) is 2.02. The molecular weight excluding hydrogens is 200 g/mol. The van der Waals surface area contributed by atoms with Crippen LogP contribution in [0.15, 0.2) is 0 Å². The van der Waals surface area contributed by atoms with Gasteiger partial charge in [-0.3, -0.25) is 0 Å². The Morgan fingerprint density at radius 3 is 2.06 bits per heavy atom. The smallest absolute Gasteiger partial charge is 0.0807 e. The molecular formula is C14H23O2. The molecule has 0 spiro atoms. The van der Waals surface area contributed by atoms with Crippen LogP contribution in [0.5, 0.6) is 0 Å². The van der Waals surface area contributed by atoms with Gasteiger partial charge in [-0.1, -0.05) is 0 Å². The van der Waals surface area contributed by atoms with Gasteiger partial charge in [-0.25, -0.2) is 0 Å². The van der Waals surface area contributed by atoms with Gasteiger partial charge in [-0.2, -0.15) is 0 Å². The first kappa shape index (κ1) is 11.0. The van der Waals surface area contributed by atoms with Gasteiger partial charge in [0.15, 0.2) is 0 Å². The van der Waals surface area contributed by atoms with Crippen molar-refractivity contribution in [3.8, 4) is 0 Å².